The number of aromatic nitrogens is 3. The molecule has 0 saturated heterocycles. The van der Waals surface area contributed by atoms with Gasteiger partial charge in [-0.25, -0.2) is 17.8 Å². The van der Waals surface area contributed by atoms with Crippen LogP contribution in [0.2, 0.25) is 0 Å². The Bertz CT molecular complexity index is 945. The molecule has 0 aliphatic carbocycles. The van der Waals surface area contributed by atoms with E-state index in [0.29, 0.717) is 20.8 Å². The average Bonchev–Trinajstić information content (AvgIpc) is 2.90. The van der Waals surface area contributed by atoms with Crippen molar-refractivity contribution >= 4 is 47.1 Å². The van der Waals surface area contributed by atoms with E-state index in [2.05, 4.69) is 15.2 Å². The van der Waals surface area contributed by atoms with Gasteiger partial charge in [-0.2, -0.15) is 5.10 Å². The number of thiazole rings is 1. The van der Waals surface area contributed by atoms with Gasteiger partial charge in [-0.3, -0.25) is 5.10 Å². The van der Waals surface area contributed by atoms with Crippen molar-refractivity contribution in [1.29, 1.82) is 0 Å². The summed E-state index contributed by atoms with van der Waals surface area (Å²) in [5.41, 5.74) is 7.42. The maximum atomic E-state index is 13.8. The number of nitrogens with one attached hydrogen (secondary N) is 1. The monoisotopic (exact) mass is 346 g/mol. The molecular weight excluding hydrogens is 339 g/mol. The van der Waals surface area contributed by atoms with Crippen molar-refractivity contribution in [2.45, 2.75) is 11.8 Å². The highest BCUT2D eigenvalue weighted by Crippen LogP contribution is 2.36. The summed E-state index contributed by atoms with van der Waals surface area (Å²) in [6, 6.07) is 2.20. The number of aryl methyl sites for hydroxylation is 1. The van der Waals surface area contributed by atoms with Crippen LogP contribution >= 0.6 is 22.0 Å². The fourth-order valence-electron chi connectivity index (χ4n) is 1.94. The Hall–Kier alpha value is -1.71. The van der Waals surface area contributed by atoms with Gasteiger partial charge in [-0.05, 0) is 13.0 Å². The SMILES string of the molecule is Cc1[nH]nc(N)c1-c1nc2cc(F)c(S(=O)(=O)Cl)cc2s1. The van der Waals surface area contributed by atoms with Crippen LogP contribution in [0.1, 0.15) is 5.69 Å². The van der Waals surface area contributed by atoms with Crippen molar-refractivity contribution in [1.82, 2.24) is 15.2 Å². The number of nitrogens with two attached hydrogens (primary N) is 1. The first-order valence-corrected chi connectivity index (χ1v) is 8.75. The molecule has 6 nitrogen and oxygen atoms in total. The van der Waals surface area contributed by atoms with Crippen LogP contribution in [-0.4, -0.2) is 23.6 Å². The summed E-state index contributed by atoms with van der Waals surface area (Å²) in [6.45, 7) is 1.78. The number of nitrogens with zero attached hydrogens (tertiary/aromatic N) is 2. The van der Waals surface area contributed by atoms with Crippen LogP contribution in [0.3, 0.4) is 0 Å². The number of benzene rings is 1. The number of hydrogen-bond acceptors (Lipinski definition) is 6. The molecule has 3 rings (SSSR count). The van der Waals surface area contributed by atoms with Gasteiger partial charge in [0.05, 0.1) is 15.8 Å². The highest BCUT2D eigenvalue weighted by molar-refractivity contribution is 8.13. The van der Waals surface area contributed by atoms with Crippen molar-refractivity contribution < 1.29 is 12.8 Å². The number of aromatic amines is 1. The highest BCUT2D eigenvalue weighted by atomic mass is 35.7. The summed E-state index contributed by atoms with van der Waals surface area (Å²) in [7, 11) is 1.05. The number of rotatable bonds is 2. The molecule has 0 saturated carbocycles. The van der Waals surface area contributed by atoms with Crippen LogP contribution in [0.25, 0.3) is 20.8 Å². The first-order chi connectivity index (χ1) is 9.77. The van der Waals surface area contributed by atoms with Gasteiger partial charge in [0.2, 0.25) is 0 Å². The molecule has 1 aromatic carbocycles. The van der Waals surface area contributed by atoms with Gasteiger partial charge in [0, 0.05) is 22.4 Å². The van der Waals surface area contributed by atoms with Crippen molar-refractivity contribution in [3.05, 3.63) is 23.6 Å². The second-order valence-electron chi connectivity index (χ2n) is 4.32. The van der Waals surface area contributed by atoms with E-state index < -0.39 is 19.8 Å². The first kappa shape index (κ1) is 14.2. The van der Waals surface area contributed by atoms with E-state index in [-0.39, 0.29) is 5.82 Å². The van der Waals surface area contributed by atoms with Crippen molar-refractivity contribution in [2.75, 3.05) is 5.73 Å². The lowest BCUT2D eigenvalue weighted by Gasteiger charge is -1.97. The number of H-pyrrole nitrogens is 1. The van der Waals surface area contributed by atoms with Gasteiger partial charge in [0.25, 0.3) is 9.05 Å². The lowest BCUT2D eigenvalue weighted by atomic mass is 10.2. The Labute approximate surface area is 127 Å². The second-order valence-corrected chi connectivity index (χ2v) is 7.88. The van der Waals surface area contributed by atoms with Crippen molar-refractivity contribution in [2.24, 2.45) is 0 Å². The second kappa shape index (κ2) is 4.65. The minimum absolute atomic E-state index is 0.275. The molecule has 0 radical (unpaired) electrons. The van der Waals surface area contributed by atoms with Crippen molar-refractivity contribution in [3.8, 4) is 10.6 Å². The normalized spacial score (nSPS) is 12.1. The molecule has 110 valence electrons. The molecule has 0 amide bonds. The largest absolute Gasteiger partial charge is 0.382 e. The van der Waals surface area contributed by atoms with E-state index in [4.69, 9.17) is 16.4 Å². The zero-order valence-corrected chi connectivity index (χ0v) is 12.9. The summed E-state index contributed by atoms with van der Waals surface area (Å²) in [5.74, 6) is -0.663. The maximum Gasteiger partial charge on any atom is 0.264 e. The van der Waals surface area contributed by atoms with Crippen LogP contribution in [0.4, 0.5) is 10.2 Å². The minimum atomic E-state index is -4.15. The smallest absolute Gasteiger partial charge is 0.264 e. The molecule has 0 unspecified atom stereocenters. The molecule has 3 N–H and O–H groups in total. The van der Waals surface area contributed by atoms with E-state index in [1.807, 2.05) is 0 Å². The first-order valence-electron chi connectivity index (χ1n) is 5.63. The fraction of sp³-hybridized carbons (Fsp3) is 0.0909. The number of anilines is 1. The lowest BCUT2D eigenvalue weighted by molar-refractivity contribution is 0.577. The molecule has 0 fully saturated rings. The lowest BCUT2D eigenvalue weighted by Crippen LogP contribution is -1.94. The van der Waals surface area contributed by atoms with Gasteiger partial charge in [-0.15, -0.1) is 11.3 Å². The molecule has 21 heavy (non-hydrogen) atoms. The van der Waals surface area contributed by atoms with Gasteiger partial charge >= 0.3 is 0 Å². The topological polar surface area (TPSA) is 102 Å². The van der Waals surface area contributed by atoms with E-state index in [1.165, 1.54) is 17.4 Å². The van der Waals surface area contributed by atoms with Gasteiger partial charge in [0.1, 0.15) is 15.7 Å². The maximum absolute atomic E-state index is 13.8. The van der Waals surface area contributed by atoms with E-state index >= 15 is 0 Å². The molecule has 3 aromatic rings. The summed E-state index contributed by atoms with van der Waals surface area (Å²) in [4.78, 5) is 3.70. The average molecular weight is 347 g/mol. The van der Waals surface area contributed by atoms with Crippen LogP contribution in [-0.2, 0) is 9.05 Å². The molecule has 0 aliphatic rings. The number of hydrogen-bond donors (Lipinski definition) is 2. The third kappa shape index (κ3) is 2.37. The minimum Gasteiger partial charge on any atom is -0.382 e. The van der Waals surface area contributed by atoms with E-state index in [0.717, 1.165) is 11.8 Å². The summed E-state index contributed by atoms with van der Waals surface area (Å²) < 4.78 is 36.9. The van der Waals surface area contributed by atoms with Gasteiger partial charge in [-0.1, -0.05) is 0 Å². The Kier molecular flexibility index (Phi) is 3.15. The van der Waals surface area contributed by atoms with Crippen LogP contribution in [0.15, 0.2) is 17.0 Å². The fourth-order valence-corrected chi connectivity index (χ4v) is 4.02. The van der Waals surface area contributed by atoms with E-state index in [1.54, 1.807) is 6.92 Å². The number of nitrogen functional groups attached to an aromatic ring is 1. The number of fused-ring (bicyclic) bond motifs is 1. The predicted molar refractivity (Wildman–Crippen MR) is 79.3 cm³/mol. The van der Waals surface area contributed by atoms with Gasteiger partial charge in [0.15, 0.2) is 5.82 Å². The zero-order valence-electron chi connectivity index (χ0n) is 10.5. The summed E-state index contributed by atoms with van der Waals surface area (Å²) in [5, 5.41) is 7.12. The third-order valence-corrected chi connectivity index (χ3v) is 5.27. The van der Waals surface area contributed by atoms with E-state index in [9.17, 15) is 12.8 Å². The summed E-state index contributed by atoms with van der Waals surface area (Å²) >= 11 is 1.18. The quantitative estimate of drug-likeness (QED) is 0.694. The Balaban J connectivity index is 2.27. The van der Waals surface area contributed by atoms with Crippen LogP contribution in [0, 0.1) is 12.7 Å². The predicted octanol–water partition coefficient (Wildman–Crippen LogP) is 2.64. The van der Waals surface area contributed by atoms with Crippen LogP contribution in [0.5, 0.6) is 0 Å². The Morgan fingerprint density at radius 1 is 1.43 bits per heavy atom. The molecule has 0 spiro atoms. The zero-order chi connectivity index (χ0) is 15.4. The standard InChI is InChI=1S/C11H8ClFN4O2S2/c1-4-9(10(14)17-16-4)11-15-6-2-5(13)8(21(12,18)19)3-7(6)20-11/h2-3H,1H3,(H3,14,16,17). The number of halogens is 2. The molecule has 0 aliphatic heterocycles. The highest BCUT2D eigenvalue weighted by Gasteiger charge is 2.20. The molecular formula is C11H8ClFN4O2S2. The Morgan fingerprint density at radius 3 is 2.71 bits per heavy atom. The molecule has 2 aromatic heterocycles. The Morgan fingerprint density at radius 2 is 2.14 bits per heavy atom. The molecule has 10 heteroatoms. The van der Waals surface area contributed by atoms with Gasteiger partial charge < -0.3 is 5.73 Å². The third-order valence-electron chi connectivity index (χ3n) is 2.89. The molecule has 2 heterocycles. The molecule has 0 atom stereocenters. The molecule has 0 bridgehead atoms. The van der Waals surface area contributed by atoms with Crippen LogP contribution < -0.4 is 5.73 Å². The van der Waals surface area contributed by atoms with Crippen molar-refractivity contribution in [3.63, 3.8) is 0 Å². The summed E-state index contributed by atoms with van der Waals surface area (Å²) in [6.07, 6.45) is 0.